The van der Waals surface area contributed by atoms with Gasteiger partial charge in [0, 0.05) is 12.8 Å². The number of anilines is 1. The monoisotopic (exact) mass is 277 g/mol. The number of hydrogen-bond donors (Lipinski definition) is 1. The maximum Gasteiger partial charge on any atom is 0.334 e. The Balaban J connectivity index is 2.36. The Kier molecular flexibility index (Phi) is 4.65. The molecular weight excluding hydrogens is 254 g/mol. The summed E-state index contributed by atoms with van der Waals surface area (Å²) in [6.45, 7) is 2.03. The summed E-state index contributed by atoms with van der Waals surface area (Å²) in [6, 6.07) is 7.96. The number of methoxy groups -OCH3 is 2. The molecule has 110 valence electrons. The van der Waals surface area contributed by atoms with E-state index < -0.39 is 5.54 Å². The van der Waals surface area contributed by atoms with E-state index in [1.54, 1.807) is 7.11 Å². The van der Waals surface area contributed by atoms with E-state index in [9.17, 15) is 4.79 Å². The summed E-state index contributed by atoms with van der Waals surface area (Å²) >= 11 is 0. The second-order valence-electron chi connectivity index (χ2n) is 5.37. The van der Waals surface area contributed by atoms with E-state index in [0.29, 0.717) is 0 Å². The zero-order valence-electron chi connectivity index (χ0n) is 12.4. The third-order valence-corrected chi connectivity index (χ3v) is 4.17. The molecule has 1 saturated carbocycles. The molecule has 4 heteroatoms. The molecule has 0 aromatic heterocycles. The molecule has 0 bridgehead atoms. The Bertz CT molecular complexity index is 475. The number of benzene rings is 1. The maximum atomic E-state index is 12.4. The molecule has 0 aliphatic heterocycles. The van der Waals surface area contributed by atoms with Crippen molar-refractivity contribution in [2.75, 3.05) is 19.5 Å². The number of carbonyl (C=O) groups is 1. The van der Waals surface area contributed by atoms with Gasteiger partial charge in [0.15, 0.2) is 5.54 Å². The van der Waals surface area contributed by atoms with E-state index >= 15 is 0 Å². The third kappa shape index (κ3) is 2.66. The molecule has 2 atom stereocenters. The first-order chi connectivity index (χ1) is 9.64. The van der Waals surface area contributed by atoms with E-state index in [0.717, 1.165) is 36.9 Å². The van der Waals surface area contributed by atoms with Crippen molar-refractivity contribution in [3.63, 3.8) is 0 Å². The Morgan fingerprint density at radius 2 is 2.05 bits per heavy atom. The minimum absolute atomic E-state index is 0.164. The second kappa shape index (κ2) is 6.27. The number of hydrogen-bond acceptors (Lipinski definition) is 4. The number of rotatable bonds is 4. The summed E-state index contributed by atoms with van der Waals surface area (Å²) in [5.74, 6) is -0.243. The van der Waals surface area contributed by atoms with Crippen LogP contribution in [-0.4, -0.2) is 31.8 Å². The smallest absolute Gasteiger partial charge is 0.334 e. The highest BCUT2D eigenvalue weighted by molar-refractivity contribution is 5.86. The number of para-hydroxylation sites is 1. The first-order valence-corrected chi connectivity index (χ1v) is 7.09. The average Bonchev–Trinajstić information content (AvgIpc) is 2.49. The Morgan fingerprint density at radius 3 is 2.70 bits per heavy atom. The fourth-order valence-electron chi connectivity index (χ4n) is 3.02. The van der Waals surface area contributed by atoms with Crippen LogP contribution in [0.5, 0.6) is 0 Å². The van der Waals surface area contributed by atoms with Crippen molar-refractivity contribution < 1.29 is 14.3 Å². The van der Waals surface area contributed by atoms with Crippen molar-refractivity contribution >= 4 is 11.7 Å². The predicted molar refractivity (Wildman–Crippen MR) is 78.8 cm³/mol. The van der Waals surface area contributed by atoms with E-state index in [4.69, 9.17) is 9.47 Å². The van der Waals surface area contributed by atoms with E-state index in [1.807, 2.05) is 31.2 Å². The van der Waals surface area contributed by atoms with Crippen LogP contribution in [0.15, 0.2) is 24.3 Å². The zero-order chi connectivity index (χ0) is 14.6. The Morgan fingerprint density at radius 1 is 1.30 bits per heavy atom. The van der Waals surface area contributed by atoms with Crippen LogP contribution in [0.1, 0.15) is 31.2 Å². The molecule has 1 aliphatic carbocycles. The van der Waals surface area contributed by atoms with Crippen LogP contribution in [0.25, 0.3) is 0 Å². The SMILES string of the molecule is COC(=O)C1(Nc2ccccc2C)CCCCC1OC. The van der Waals surface area contributed by atoms with Crippen LogP contribution in [0, 0.1) is 6.92 Å². The standard InChI is InChI=1S/C16H23NO3/c1-12-8-4-5-9-13(12)17-16(15(18)20-3)11-7-6-10-14(16)19-2/h4-5,8-9,14,17H,6-7,10-11H2,1-3H3. The quantitative estimate of drug-likeness (QED) is 0.860. The van der Waals surface area contributed by atoms with Crippen molar-refractivity contribution in [3.8, 4) is 0 Å². The lowest BCUT2D eigenvalue weighted by Crippen LogP contribution is -2.58. The lowest BCUT2D eigenvalue weighted by molar-refractivity contribution is -0.153. The number of ether oxygens (including phenoxy) is 2. The summed E-state index contributed by atoms with van der Waals surface area (Å²) in [5.41, 5.74) is 1.28. The van der Waals surface area contributed by atoms with Crippen LogP contribution >= 0.6 is 0 Å². The molecule has 2 unspecified atom stereocenters. The molecule has 20 heavy (non-hydrogen) atoms. The molecule has 4 nitrogen and oxygen atoms in total. The maximum absolute atomic E-state index is 12.4. The number of esters is 1. The normalized spacial score (nSPS) is 26.1. The van der Waals surface area contributed by atoms with Crippen LogP contribution in [0.3, 0.4) is 0 Å². The number of aryl methyl sites for hydroxylation is 1. The molecule has 0 heterocycles. The van der Waals surface area contributed by atoms with Crippen LogP contribution in [0.2, 0.25) is 0 Å². The highest BCUT2D eigenvalue weighted by atomic mass is 16.5. The van der Waals surface area contributed by atoms with Gasteiger partial charge in [0.2, 0.25) is 0 Å². The topological polar surface area (TPSA) is 47.6 Å². The highest BCUT2D eigenvalue weighted by Gasteiger charge is 2.49. The van der Waals surface area contributed by atoms with Crippen molar-refractivity contribution in [3.05, 3.63) is 29.8 Å². The van der Waals surface area contributed by atoms with E-state index in [2.05, 4.69) is 5.32 Å². The molecule has 1 N–H and O–H groups in total. The van der Waals surface area contributed by atoms with Gasteiger partial charge in [-0.15, -0.1) is 0 Å². The van der Waals surface area contributed by atoms with Crippen LogP contribution in [-0.2, 0) is 14.3 Å². The van der Waals surface area contributed by atoms with Crippen molar-refractivity contribution in [2.45, 2.75) is 44.2 Å². The summed E-state index contributed by atoms with van der Waals surface area (Å²) in [7, 11) is 3.10. The molecule has 1 fully saturated rings. The summed E-state index contributed by atoms with van der Waals surface area (Å²) in [6.07, 6.45) is 3.50. The van der Waals surface area contributed by atoms with Crippen molar-refractivity contribution in [1.29, 1.82) is 0 Å². The Hall–Kier alpha value is -1.55. The van der Waals surface area contributed by atoms with Crippen molar-refractivity contribution in [1.82, 2.24) is 0 Å². The molecule has 2 rings (SSSR count). The van der Waals surface area contributed by atoms with Crippen LogP contribution < -0.4 is 5.32 Å². The molecule has 1 aromatic carbocycles. The van der Waals surface area contributed by atoms with Gasteiger partial charge in [0.25, 0.3) is 0 Å². The highest BCUT2D eigenvalue weighted by Crippen LogP contribution is 2.35. The lowest BCUT2D eigenvalue weighted by atomic mass is 9.78. The van der Waals surface area contributed by atoms with Gasteiger partial charge in [-0.2, -0.15) is 0 Å². The van der Waals surface area contributed by atoms with Gasteiger partial charge in [-0.05, 0) is 31.4 Å². The number of nitrogens with one attached hydrogen (secondary N) is 1. The lowest BCUT2D eigenvalue weighted by Gasteiger charge is -2.42. The second-order valence-corrected chi connectivity index (χ2v) is 5.37. The first kappa shape index (κ1) is 14.9. The molecule has 1 aliphatic rings. The minimum atomic E-state index is -0.784. The van der Waals surface area contributed by atoms with Gasteiger partial charge in [0.05, 0.1) is 13.2 Å². The molecule has 0 spiro atoms. The molecular formula is C16H23NO3. The average molecular weight is 277 g/mol. The Labute approximate surface area is 120 Å². The molecule has 0 radical (unpaired) electrons. The van der Waals surface area contributed by atoms with Gasteiger partial charge in [0.1, 0.15) is 0 Å². The van der Waals surface area contributed by atoms with Crippen molar-refractivity contribution in [2.24, 2.45) is 0 Å². The van der Waals surface area contributed by atoms with E-state index in [-0.39, 0.29) is 12.1 Å². The van der Waals surface area contributed by atoms with Gasteiger partial charge in [-0.3, -0.25) is 0 Å². The fraction of sp³-hybridized carbons (Fsp3) is 0.562. The summed E-state index contributed by atoms with van der Waals surface area (Å²) in [4.78, 5) is 12.4. The largest absolute Gasteiger partial charge is 0.467 e. The van der Waals surface area contributed by atoms with Gasteiger partial charge >= 0.3 is 5.97 Å². The summed E-state index contributed by atoms with van der Waals surface area (Å²) < 4.78 is 10.6. The number of carbonyl (C=O) groups excluding carboxylic acids is 1. The molecule has 1 aromatic rings. The van der Waals surface area contributed by atoms with Gasteiger partial charge in [-0.25, -0.2) is 4.79 Å². The van der Waals surface area contributed by atoms with E-state index in [1.165, 1.54) is 7.11 Å². The zero-order valence-corrected chi connectivity index (χ0v) is 12.4. The molecule has 0 saturated heterocycles. The van der Waals surface area contributed by atoms with Gasteiger partial charge in [-0.1, -0.05) is 31.0 Å². The van der Waals surface area contributed by atoms with Gasteiger partial charge < -0.3 is 14.8 Å². The summed E-state index contributed by atoms with van der Waals surface area (Å²) in [5, 5.41) is 3.41. The predicted octanol–water partition coefficient (Wildman–Crippen LogP) is 2.91. The third-order valence-electron chi connectivity index (χ3n) is 4.17. The van der Waals surface area contributed by atoms with Crippen LogP contribution in [0.4, 0.5) is 5.69 Å². The fourth-order valence-corrected chi connectivity index (χ4v) is 3.02. The first-order valence-electron chi connectivity index (χ1n) is 7.09. The minimum Gasteiger partial charge on any atom is -0.467 e. The molecule has 0 amide bonds.